The van der Waals surface area contributed by atoms with Gasteiger partial charge in [-0.1, -0.05) is 12.8 Å². The Labute approximate surface area is 110 Å². The fourth-order valence-electron chi connectivity index (χ4n) is 2.61. The highest BCUT2D eigenvalue weighted by Crippen LogP contribution is 2.28. The lowest BCUT2D eigenvalue weighted by molar-refractivity contribution is -0.121. The molecule has 18 heavy (non-hydrogen) atoms. The Morgan fingerprint density at radius 1 is 1.33 bits per heavy atom. The number of hydrogen-bond acceptors (Lipinski definition) is 3. The van der Waals surface area contributed by atoms with Gasteiger partial charge in [0.15, 0.2) is 0 Å². The minimum atomic E-state index is 0.108. The van der Waals surface area contributed by atoms with Gasteiger partial charge in [-0.3, -0.25) is 4.79 Å². The van der Waals surface area contributed by atoms with E-state index >= 15 is 0 Å². The van der Waals surface area contributed by atoms with Crippen LogP contribution in [-0.4, -0.2) is 37.4 Å². The zero-order valence-electron chi connectivity index (χ0n) is 11.5. The first kappa shape index (κ1) is 15.4. The van der Waals surface area contributed by atoms with Crippen molar-refractivity contribution in [1.29, 1.82) is 0 Å². The first-order valence-electron chi connectivity index (χ1n) is 7.23. The molecule has 1 saturated carbocycles. The first-order valence-corrected chi connectivity index (χ1v) is 7.23. The third-order valence-electron chi connectivity index (χ3n) is 3.76. The average Bonchev–Trinajstić information content (AvgIpc) is 2.41. The van der Waals surface area contributed by atoms with Gasteiger partial charge in [0.25, 0.3) is 0 Å². The molecule has 1 aliphatic rings. The molecule has 2 unspecified atom stereocenters. The van der Waals surface area contributed by atoms with Crippen LogP contribution < -0.4 is 5.32 Å². The van der Waals surface area contributed by atoms with E-state index in [0.717, 1.165) is 25.8 Å². The summed E-state index contributed by atoms with van der Waals surface area (Å²) >= 11 is 0. The van der Waals surface area contributed by atoms with E-state index in [1.165, 1.54) is 12.8 Å². The minimum Gasteiger partial charge on any atom is -0.396 e. The van der Waals surface area contributed by atoms with Crippen LogP contribution in [0.25, 0.3) is 0 Å². The number of hydrogen-bond donors (Lipinski definition) is 2. The summed E-state index contributed by atoms with van der Waals surface area (Å²) in [4.78, 5) is 11.6. The number of ether oxygens (including phenoxy) is 1. The van der Waals surface area contributed by atoms with E-state index in [9.17, 15) is 9.90 Å². The number of nitrogens with one attached hydrogen (secondary N) is 1. The Morgan fingerprint density at radius 2 is 2.06 bits per heavy atom. The second kappa shape index (κ2) is 9.34. The molecule has 0 aliphatic heterocycles. The second-order valence-corrected chi connectivity index (χ2v) is 5.09. The maximum Gasteiger partial charge on any atom is 0.220 e. The normalized spacial score (nSPS) is 23.9. The second-order valence-electron chi connectivity index (χ2n) is 5.09. The van der Waals surface area contributed by atoms with E-state index in [0.29, 0.717) is 31.5 Å². The molecule has 1 amide bonds. The van der Waals surface area contributed by atoms with Gasteiger partial charge in [-0.25, -0.2) is 0 Å². The minimum absolute atomic E-state index is 0.108. The zero-order valence-corrected chi connectivity index (χ0v) is 11.5. The van der Waals surface area contributed by atoms with E-state index in [4.69, 9.17) is 4.74 Å². The highest BCUT2D eigenvalue weighted by atomic mass is 16.5. The van der Waals surface area contributed by atoms with Crippen LogP contribution in [-0.2, 0) is 9.53 Å². The molecular formula is C14H27NO3. The molecule has 4 heteroatoms. The van der Waals surface area contributed by atoms with Gasteiger partial charge < -0.3 is 15.2 Å². The molecule has 1 rings (SSSR count). The maximum atomic E-state index is 11.6. The van der Waals surface area contributed by atoms with Crippen LogP contribution in [0.4, 0.5) is 0 Å². The average molecular weight is 257 g/mol. The fourth-order valence-corrected chi connectivity index (χ4v) is 2.61. The number of aliphatic hydroxyl groups excluding tert-OH is 1. The van der Waals surface area contributed by atoms with Crippen LogP contribution in [0, 0.1) is 11.8 Å². The number of carbonyl (C=O) groups is 1. The topological polar surface area (TPSA) is 58.6 Å². The van der Waals surface area contributed by atoms with Crippen LogP contribution in [0.15, 0.2) is 0 Å². The molecule has 0 bridgehead atoms. The van der Waals surface area contributed by atoms with Gasteiger partial charge in [-0.2, -0.15) is 0 Å². The van der Waals surface area contributed by atoms with E-state index in [2.05, 4.69) is 5.32 Å². The van der Waals surface area contributed by atoms with Gasteiger partial charge in [0.2, 0.25) is 5.91 Å². The molecule has 106 valence electrons. The van der Waals surface area contributed by atoms with Crippen molar-refractivity contribution in [2.75, 3.05) is 26.4 Å². The Hall–Kier alpha value is -0.610. The summed E-state index contributed by atoms with van der Waals surface area (Å²) in [6.07, 6.45) is 5.99. The molecule has 0 aromatic rings. The van der Waals surface area contributed by atoms with Gasteiger partial charge in [-0.15, -0.1) is 0 Å². The summed E-state index contributed by atoms with van der Waals surface area (Å²) < 4.78 is 5.20. The predicted molar refractivity (Wildman–Crippen MR) is 71.3 cm³/mol. The SMILES string of the molecule is CCOCCCC(=O)NCC1CCCCC1CO. The summed E-state index contributed by atoms with van der Waals surface area (Å²) in [5, 5.41) is 12.3. The summed E-state index contributed by atoms with van der Waals surface area (Å²) in [5.41, 5.74) is 0. The van der Waals surface area contributed by atoms with Crippen molar-refractivity contribution >= 4 is 5.91 Å². The molecule has 0 heterocycles. The molecule has 0 spiro atoms. The summed E-state index contributed by atoms with van der Waals surface area (Å²) in [6, 6.07) is 0. The van der Waals surface area contributed by atoms with Gasteiger partial charge in [0.1, 0.15) is 0 Å². The number of aliphatic hydroxyl groups is 1. The predicted octanol–water partition coefficient (Wildman–Crippen LogP) is 1.72. The van der Waals surface area contributed by atoms with Gasteiger partial charge in [-0.05, 0) is 38.0 Å². The lowest BCUT2D eigenvalue weighted by atomic mass is 9.79. The monoisotopic (exact) mass is 257 g/mol. The van der Waals surface area contributed by atoms with Crippen LogP contribution in [0.3, 0.4) is 0 Å². The number of rotatable bonds is 8. The van der Waals surface area contributed by atoms with Crippen LogP contribution in [0.2, 0.25) is 0 Å². The third kappa shape index (κ3) is 5.83. The Bertz CT molecular complexity index is 233. The molecule has 2 N–H and O–H groups in total. The van der Waals surface area contributed by atoms with E-state index < -0.39 is 0 Å². The molecule has 0 aromatic heterocycles. The molecule has 1 fully saturated rings. The van der Waals surface area contributed by atoms with Gasteiger partial charge >= 0.3 is 0 Å². The number of amides is 1. The van der Waals surface area contributed by atoms with E-state index in [1.54, 1.807) is 0 Å². The van der Waals surface area contributed by atoms with Gasteiger partial charge in [0.05, 0.1) is 0 Å². The van der Waals surface area contributed by atoms with Crippen molar-refractivity contribution in [3.63, 3.8) is 0 Å². The summed E-state index contributed by atoms with van der Waals surface area (Å²) in [6.45, 7) is 4.30. The van der Waals surface area contributed by atoms with Gasteiger partial charge in [0, 0.05) is 32.8 Å². The molecular weight excluding hydrogens is 230 g/mol. The lowest BCUT2D eigenvalue weighted by Crippen LogP contribution is -2.35. The molecule has 0 saturated heterocycles. The fraction of sp³-hybridized carbons (Fsp3) is 0.929. The largest absolute Gasteiger partial charge is 0.396 e. The van der Waals surface area contributed by atoms with E-state index in [-0.39, 0.29) is 12.5 Å². The third-order valence-corrected chi connectivity index (χ3v) is 3.76. The van der Waals surface area contributed by atoms with Crippen molar-refractivity contribution in [3.8, 4) is 0 Å². The van der Waals surface area contributed by atoms with Crippen molar-refractivity contribution in [2.45, 2.75) is 45.4 Å². The smallest absolute Gasteiger partial charge is 0.220 e. The van der Waals surface area contributed by atoms with Crippen LogP contribution in [0.1, 0.15) is 45.4 Å². The molecule has 4 nitrogen and oxygen atoms in total. The number of carbonyl (C=O) groups excluding carboxylic acids is 1. The lowest BCUT2D eigenvalue weighted by Gasteiger charge is -2.30. The maximum absolute atomic E-state index is 11.6. The van der Waals surface area contributed by atoms with Crippen molar-refractivity contribution in [2.24, 2.45) is 11.8 Å². The first-order chi connectivity index (χ1) is 8.77. The molecule has 0 aromatic carbocycles. The highest BCUT2D eigenvalue weighted by Gasteiger charge is 2.24. The van der Waals surface area contributed by atoms with Crippen molar-refractivity contribution in [1.82, 2.24) is 5.32 Å². The molecule has 1 aliphatic carbocycles. The van der Waals surface area contributed by atoms with Crippen LogP contribution >= 0.6 is 0 Å². The molecule has 0 radical (unpaired) electrons. The van der Waals surface area contributed by atoms with Crippen molar-refractivity contribution < 1.29 is 14.6 Å². The molecule has 2 atom stereocenters. The summed E-state index contributed by atoms with van der Waals surface area (Å²) in [5.74, 6) is 0.944. The van der Waals surface area contributed by atoms with E-state index in [1.807, 2.05) is 6.92 Å². The Morgan fingerprint density at radius 3 is 2.72 bits per heavy atom. The zero-order chi connectivity index (χ0) is 13.2. The highest BCUT2D eigenvalue weighted by molar-refractivity contribution is 5.75. The Balaban J connectivity index is 2.12. The quantitative estimate of drug-likeness (QED) is 0.651. The Kier molecular flexibility index (Phi) is 8.01. The summed E-state index contributed by atoms with van der Waals surface area (Å²) in [7, 11) is 0. The van der Waals surface area contributed by atoms with Crippen LogP contribution in [0.5, 0.6) is 0 Å². The van der Waals surface area contributed by atoms with Crippen molar-refractivity contribution in [3.05, 3.63) is 0 Å². The standard InChI is InChI=1S/C14H27NO3/c1-2-18-9-5-8-14(17)15-10-12-6-3-4-7-13(12)11-16/h12-13,16H,2-11H2,1H3,(H,15,17).